The van der Waals surface area contributed by atoms with Crippen LogP contribution in [0.2, 0.25) is 0 Å². The van der Waals surface area contributed by atoms with Crippen molar-refractivity contribution in [3.05, 3.63) is 21.4 Å². The van der Waals surface area contributed by atoms with Gasteiger partial charge in [-0.25, -0.2) is 4.79 Å². The minimum Gasteiger partial charge on any atom is -0.465 e. The molecule has 2 rings (SSSR count). The zero-order valence-electron chi connectivity index (χ0n) is 6.69. The summed E-state index contributed by atoms with van der Waals surface area (Å²) in [5, 5.41) is 10.6. The van der Waals surface area contributed by atoms with E-state index in [9.17, 15) is 9.59 Å². The first-order valence-corrected chi connectivity index (χ1v) is 4.62. The quantitative estimate of drug-likeness (QED) is 0.695. The third kappa shape index (κ3) is 1.21. The Morgan fingerprint density at radius 3 is 3.00 bits per heavy atom. The lowest BCUT2D eigenvalue weighted by Gasteiger charge is -2.09. The second-order valence-electron chi connectivity index (χ2n) is 2.86. The van der Waals surface area contributed by atoms with E-state index in [1.54, 1.807) is 0 Å². The molecule has 1 aromatic heterocycles. The first-order chi connectivity index (χ1) is 6.22. The van der Waals surface area contributed by atoms with Gasteiger partial charge in [-0.05, 0) is 16.5 Å². The second kappa shape index (κ2) is 2.85. The number of hydrogen-bond donors (Lipinski definition) is 1. The average molecular weight is 197 g/mol. The molecule has 5 heteroatoms. The summed E-state index contributed by atoms with van der Waals surface area (Å²) in [7, 11) is 0. The summed E-state index contributed by atoms with van der Waals surface area (Å²) in [4.78, 5) is 23.1. The standard InChI is InChI=1S/C8H7NO3S/c10-3-7-6-2-9(8(11)12)1-5(6)4-13-7/h3-4H,1-2H2,(H,11,12). The molecule has 0 saturated heterocycles. The summed E-state index contributed by atoms with van der Waals surface area (Å²) in [5.74, 6) is 0. The van der Waals surface area contributed by atoms with E-state index >= 15 is 0 Å². The number of amides is 1. The highest BCUT2D eigenvalue weighted by Crippen LogP contribution is 2.29. The fourth-order valence-electron chi connectivity index (χ4n) is 1.43. The maximum absolute atomic E-state index is 10.6. The average Bonchev–Trinajstić information content (AvgIpc) is 2.60. The molecule has 1 N–H and O–H groups in total. The number of nitrogens with zero attached hydrogens (tertiary/aromatic N) is 1. The second-order valence-corrected chi connectivity index (χ2v) is 3.77. The van der Waals surface area contributed by atoms with Crippen molar-refractivity contribution in [1.82, 2.24) is 4.90 Å². The van der Waals surface area contributed by atoms with Gasteiger partial charge < -0.3 is 5.11 Å². The van der Waals surface area contributed by atoms with E-state index in [4.69, 9.17) is 5.11 Å². The molecule has 13 heavy (non-hydrogen) atoms. The molecule has 0 aromatic carbocycles. The number of rotatable bonds is 1. The van der Waals surface area contributed by atoms with Gasteiger partial charge >= 0.3 is 6.09 Å². The number of aldehydes is 1. The van der Waals surface area contributed by atoms with Crippen molar-refractivity contribution in [2.45, 2.75) is 13.1 Å². The van der Waals surface area contributed by atoms with Crippen LogP contribution in [-0.2, 0) is 13.1 Å². The molecule has 4 nitrogen and oxygen atoms in total. The van der Waals surface area contributed by atoms with Crippen molar-refractivity contribution in [1.29, 1.82) is 0 Å². The van der Waals surface area contributed by atoms with Gasteiger partial charge in [0.2, 0.25) is 0 Å². The Hall–Kier alpha value is -1.36. The van der Waals surface area contributed by atoms with Crippen molar-refractivity contribution < 1.29 is 14.7 Å². The van der Waals surface area contributed by atoms with Gasteiger partial charge in [0, 0.05) is 0 Å². The van der Waals surface area contributed by atoms with Gasteiger partial charge in [-0.15, -0.1) is 11.3 Å². The molecule has 1 aliphatic rings. The van der Waals surface area contributed by atoms with Crippen LogP contribution in [0.5, 0.6) is 0 Å². The van der Waals surface area contributed by atoms with Gasteiger partial charge in [0.25, 0.3) is 0 Å². The van der Waals surface area contributed by atoms with Crippen molar-refractivity contribution in [2.24, 2.45) is 0 Å². The van der Waals surface area contributed by atoms with Crippen LogP contribution in [0, 0.1) is 0 Å². The Bertz CT molecular complexity index is 371. The minimum absolute atomic E-state index is 0.349. The van der Waals surface area contributed by atoms with Gasteiger partial charge in [-0.3, -0.25) is 9.69 Å². The van der Waals surface area contributed by atoms with Gasteiger partial charge in [-0.2, -0.15) is 0 Å². The van der Waals surface area contributed by atoms with Crippen molar-refractivity contribution >= 4 is 23.7 Å². The molecule has 0 saturated carbocycles. The van der Waals surface area contributed by atoms with Gasteiger partial charge in [0.05, 0.1) is 18.0 Å². The van der Waals surface area contributed by atoms with E-state index in [0.717, 1.165) is 17.4 Å². The van der Waals surface area contributed by atoms with Crippen LogP contribution in [0.15, 0.2) is 5.38 Å². The number of carbonyl (C=O) groups is 2. The highest BCUT2D eigenvalue weighted by atomic mass is 32.1. The molecular weight excluding hydrogens is 190 g/mol. The number of hydrogen-bond acceptors (Lipinski definition) is 3. The Morgan fingerprint density at radius 2 is 2.38 bits per heavy atom. The van der Waals surface area contributed by atoms with E-state index in [0.29, 0.717) is 18.0 Å². The molecular formula is C8H7NO3S. The van der Waals surface area contributed by atoms with Crippen molar-refractivity contribution in [2.75, 3.05) is 0 Å². The Labute approximate surface area is 78.4 Å². The summed E-state index contributed by atoms with van der Waals surface area (Å²) < 4.78 is 0. The molecule has 0 unspecified atom stereocenters. The monoisotopic (exact) mass is 197 g/mol. The molecule has 0 atom stereocenters. The van der Waals surface area contributed by atoms with Gasteiger partial charge in [0.15, 0.2) is 6.29 Å². The Morgan fingerprint density at radius 1 is 1.62 bits per heavy atom. The topological polar surface area (TPSA) is 57.6 Å². The van der Waals surface area contributed by atoms with E-state index in [-0.39, 0.29) is 0 Å². The Kier molecular flexibility index (Phi) is 1.81. The van der Waals surface area contributed by atoms with E-state index in [1.165, 1.54) is 16.2 Å². The van der Waals surface area contributed by atoms with Crippen LogP contribution in [0.4, 0.5) is 4.79 Å². The lowest BCUT2D eigenvalue weighted by Crippen LogP contribution is -2.22. The van der Waals surface area contributed by atoms with Crippen LogP contribution in [0.3, 0.4) is 0 Å². The summed E-state index contributed by atoms with van der Waals surface area (Å²) in [6, 6.07) is 0. The summed E-state index contributed by atoms with van der Waals surface area (Å²) in [6.45, 7) is 0.761. The van der Waals surface area contributed by atoms with E-state index in [1.807, 2.05) is 5.38 Å². The summed E-state index contributed by atoms with van der Waals surface area (Å²) >= 11 is 1.38. The van der Waals surface area contributed by atoms with E-state index < -0.39 is 6.09 Å². The number of thiophene rings is 1. The number of carboxylic acid groups (broad SMARTS) is 1. The van der Waals surface area contributed by atoms with Gasteiger partial charge in [-0.1, -0.05) is 0 Å². The van der Waals surface area contributed by atoms with E-state index in [2.05, 4.69) is 0 Å². The van der Waals surface area contributed by atoms with Crippen LogP contribution < -0.4 is 0 Å². The van der Waals surface area contributed by atoms with Crippen LogP contribution >= 0.6 is 11.3 Å². The maximum atomic E-state index is 10.6. The van der Waals surface area contributed by atoms with Gasteiger partial charge in [0.1, 0.15) is 0 Å². The molecule has 68 valence electrons. The first-order valence-electron chi connectivity index (χ1n) is 3.74. The smallest absolute Gasteiger partial charge is 0.407 e. The molecule has 2 heterocycles. The molecule has 0 fully saturated rings. The van der Waals surface area contributed by atoms with Crippen molar-refractivity contribution in [3.8, 4) is 0 Å². The largest absolute Gasteiger partial charge is 0.465 e. The van der Waals surface area contributed by atoms with Crippen LogP contribution in [0.25, 0.3) is 0 Å². The normalized spacial score (nSPS) is 14.3. The lowest BCUT2D eigenvalue weighted by atomic mass is 10.2. The number of carbonyl (C=O) groups excluding carboxylic acids is 1. The van der Waals surface area contributed by atoms with Crippen LogP contribution in [0.1, 0.15) is 20.8 Å². The molecule has 0 spiro atoms. The lowest BCUT2D eigenvalue weighted by molar-refractivity contribution is 0.112. The summed E-state index contributed by atoms with van der Waals surface area (Å²) in [5.41, 5.74) is 1.84. The molecule has 1 amide bonds. The third-order valence-corrected chi connectivity index (χ3v) is 3.10. The fraction of sp³-hybridized carbons (Fsp3) is 0.250. The third-order valence-electron chi connectivity index (χ3n) is 2.10. The highest BCUT2D eigenvalue weighted by molar-refractivity contribution is 7.12. The molecule has 0 radical (unpaired) electrons. The minimum atomic E-state index is -0.932. The molecule has 0 bridgehead atoms. The maximum Gasteiger partial charge on any atom is 0.407 e. The first kappa shape index (κ1) is 8.25. The van der Waals surface area contributed by atoms with Crippen molar-refractivity contribution in [3.63, 3.8) is 0 Å². The zero-order valence-corrected chi connectivity index (χ0v) is 7.50. The number of fused-ring (bicyclic) bond motifs is 1. The fourth-order valence-corrected chi connectivity index (χ4v) is 2.31. The SMILES string of the molecule is O=Cc1scc2c1CN(C(=O)O)C2. The predicted octanol–water partition coefficient (Wildman–Crippen LogP) is 1.55. The predicted molar refractivity (Wildman–Crippen MR) is 47.0 cm³/mol. The molecule has 0 aliphatic carbocycles. The Balaban J connectivity index is 2.30. The highest BCUT2D eigenvalue weighted by Gasteiger charge is 2.26. The summed E-state index contributed by atoms with van der Waals surface area (Å²) in [6.07, 6.45) is -0.146. The zero-order chi connectivity index (χ0) is 9.42. The van der Waals surface area contributed by atoms with Crippen LogP contribution in [-0.4, -0.2) is 22.4 Å². The molecule has 1 aromatic rings. The molecule has 1 aliphatic heterocycles.